The molecule has 0 bridgehead atoms. The van der Waals surface area contributed by atoms with E-state index in [9.17, 15) is 4.79 Å². The maximum atomic E-state index is 12.8. The predicted octanol–water partition coefficient (Wildman–Crippen LogP) is 3.80. The van der Waals surface area contributed by atoms with Crippen LogP contribution in [0.25, 0.3) is 10.4 Å². The highest BCUT2D eigenvalue weighted by Gasteiger charge is 2.44. The van der Waals surface area contributed by atoms with Crippen molar-refractivity contribution in [1.82, 2.24) is 9.88 Å². The molecular formula is C16H17ClN2O2S. The Kier molecular flexibility index (Phi) is 3.09. The van der Waals surface area contributed by atoms with Crippen LogP contribution in [0.1, 0.15) is 33.2 Å². The number of rotatable bonds is 4. The Morgan fingerprint density at radius 3 is 3.00 bits per heavy atom. The van der Waals surface area contributed by atoms with Crippen molar-refractivity contribution in [1.29, 1.82) is 0 Å². The van der Waals surface area contributed by atoms with Gasteiger partial charge in [0.1, 0.15) is 5.15 Å². The second-order valence-corrected chi connectivity index (χ2v) is 7.02. The van der Waals surface area contributed by atoms with Crippen LogP contribution >= 0.6 is 22.9 Å². The molecule has 1 amide bonds. The zero-order valence-corrected chi connectivity index (χ0v) is 13.8. The standard InChI is InChI=1S/C16H17ClN2O2S/c1-16(2)14-11(15(20)19(16)6-7-21-3)9-12(22-14)10-4-5-18-13(17)8-10/h4-5,8-9H,6-7H2,1-3H3/i3D3. The van der Waals surface area contributed by atoms with Gasteiger partial charge in [0.2, 0.25) is 0 Å². The first-order valence-corrected chi connectivity index (χ1v) is 8.01. The van der Waals surface area contributed by atoms with Crippen LogP contribution in [0.2, 0.25) is 5.15 Å². The summed E-state index contributed by atoms with van der Waals surface area (Å²) in [5, 5.41) is 0.403. The third kappa shape index (κ3) is 2.43. The lowest BCUT2D eigenvalue weighted by Gasteiger charge is -2.31. The Labute approximate surface area is 142 Å². The van der Waals surface area contributed by atoms with Crippen LogP contribution in [-0.4, -0.2) is 36.0 Å². The van der Waals surface area contributed by atoms with Crippen LogP contribution in [0.4, 0.5) is 0 Å². The zero-order chi connectivity index (χ0) is 18.4. The van der Waals surface area contributed by atoms with Crippen molar-refractivity contribution in [2.75, 3.05) is 20.2 Å². The van der Waals surface area contributed by atoms with Gasteiger partial charge in [-0.1, -0.05) is 11.6 Å². The minimum absolute atomic E-state index is 0.0343. The van der Waals surface area contributed by atoms with Crippen LogP contribution in [0, 0.1) is 0 Å². The Bertz CT molecular complexity index is 820. The molecule has 0 aliphatic carbocycles. The van der Waals surface area contributed by atoms with Gasteiger partial charge in [0.15, 0.2) is 0 Å². The summed E-state index contributed by atoms with van der Waals surface area (Å²) in [7, 11) is -2.45. The van der Waals surface area contributed by atoms with Crippen molar-refractivity contribution < 1.29 is 13.6 Å². The summed E-state index contributed by atoms with van der Waals surface area (Å²) in [4.78, 5) is 20.3. The van der Waals surface area contributed by atoms with Crippen LogP contribution in [0.15, 0.2) is 24.4 Å². The maximum Gasteiger partial charge on any atom is 0.255 e. The fourth-order valence-corrected chi connectivity index (χ4v) is 4.17. The molecule has 6 heteroatoms. The van der Waals surface area contributed by atoms with Gasteiger partial charge in [0.05, 0.1) is 21.8 Å². The normalized spacial score (nSPS) is 18.8. The van der Waals surface area contributed by atoms with Crippen molar-refractivity contribution in [2.45, 2.75) is 19.4 Å². The van der Waals surface area contributed by atoms with Crippen molar-refractivity contribution in [3.63, 3.8) is 0 Å². The molecule has 3 heterocycles. The number of aromatic nitrogens is 1. The molecule has 0 saturated carbocycles. The summed E-state index contributed by atoms with van der Waals surface area (Å²) >= 11 is 7.49. The van der Waals surface area contributed by atoms with Gasteiger partial charge in [-0.25, -0.2) is 4.98 Å². The van der Waals surface area contributed by atoms with Gasteiger partial charge in [-0.15, -0.1) is 11.3 Å². The van der Waals surface area contributed by atoms with Crippen LogP contribution < -0.4 is 0 Å². The fraction of sp³-hybridized carbons (Fsp3) is 0.375. The largest absolute Gasteiger partial charge is 0.383 e. The molecule has 0 unspecified atom stereocenters. The number of methoxy groups -OCH3 is 1. The number of pyridine rings is 1. The Morgan fingerprint density at radius 2 is 2.32 bits per heavy atom. The first-order valence-electron chi connectivity index (χ1n) is 8.32. The summed E-state index contributed by atoms with van der Waals surface area (Å²) in [5.74, 6) is -0.114. The highest BCUT2D eigenvalue weighted by atomic mass is 35.5. The third-order valence-corrected chi connectivity index (χ3v) is 5.57. The minimum atomic E-state index is -2.45. The van der Waals surface area contributed by atoms with Gasteiger partial charge < -0.3 is 9.64 Å². The number of hydrogen-bond acceptors (Lipinski definition) is 4. The Balaban J connectivity index is 1.84. The molecule has 3 rings (SSSR count). The number of hydrogen-bond donors (Lipinski definition) is 0. The quantitative estimate of drug-likeness (QED) is 0.796. The summed E-state index contributed by atoms with van der Waals surface area (Å²) < 4.78 is 26.1. The first kappa shape index (κ1) is 12.0. The molecule has 0 saturated heterocycles. The highest BCUT2D eigenvalue weighted by Crippen LogP contribution is 2.46. The molecule has 0 radical (unpaired) electrons. The Morgan fingerprint density at radius 1 is 1.50 bits per heavy atom. The second kappa shape index (κ2) is 5.65. The number of halogens is 1. The number of nitrogens with zero attached hydrogens (tertiary/aromatic N) is 2. The molecule has 4 nitrogen and oxygen atoms in total. The summed E-state index contributed by atoms with van der Waals surface area (Å²) in [6.45, 7) is 4.09. The van der Waals surface area contributed by atoms with E-state index in [4.69, 9.17) is 20.5 Å². The summed E-state index contributed by atoms with van der Waals surface area (Å²) in [6, 6.07) is 5.48. The molecule has 116 valence electrons. The fourth-order valence-electron chi connectivity index (χ4n) is 2.74. The van der Waals surface area contributed by atoms with E-state index in [1.165, 1.54) is 11.3 Å². The van der Waals surface area contributed by atoms with E-state index < -0.39 is 12.6 Å². The number of amides is 1. The molecule has 0 atom stereocenters. The van der Waals surface area contributed by atoms with Gasteiger partial charge in [-0.3, -0.25) is 4.79 Å². The lowest BCUT2D eigenvalue weighted by molar-refractivity contribution is 0.0526. The van der Waals surface area contributed by atoms with Crippen molar-refractivity contribution >= 4 is 28.8 Å². The molecule has 1 aliphatic heterocycles. The number of thiophene rings is 1. The van der Waals surface area contributed by atoms with Crippen molar-refractivity contribution in [3.05, 3.63) is 40.0 Å². The Hall–Kier alpha value is -1.43. The molecular weight excluding hydrogens is 320 g/mol. The number of fused-ring (bicyclic) bond motifs is 1. The van der Waals surface area contributed by atoms with Gasteiger partial charge >= 0.3 is 0 Å². The van der Waals surface area contributed by atoms with Crippen molar-refractivity contribution in [2.24, 2.45) is 0 Å². The zero-order valence-electron chi connectivity index (χ0n) is 15.2. The van der Waals surface area contributed by atoms with E-state index in [2.05, 4.69) is 4.98 Å². The molecule has 1 aliphatic rings. The van der Waals surface area contributed by atoms with Gasteiger partial charge in [0, 0.05) is 29.5 Å². The van der Waals surface area contributed by atoms with Crippen LogP contribution in [0.5, 0.6) is 0 Å². The molecule has 0 spiro atoms. The highest BCUT2D eigenvalue weighted by molar-refractivity contribution is 7.16. The predicted molar refractivity (Wildman–Crippen MR) is 88.5 cm³/mol. The van der Waals surface area contributed by atoms with E-state index in [1.54, 1.807) is 17.2 Å². The molecule has 0 N–H and O–H groups in total. The molecule has 0 fully saturated rings. The van der Waals surface area contributed by atoms with E-state index >= 15 is 0 Å². The summed E-state index contributed by atoms with van der Waals surface area (Å²) in [6.07, 6.45) is 1.63. The maximum absolute atomic E-state index is 12.8. The van der Waals surface area contributed by atoms with E-state index in [-0.39, 0.29) is 19.1 Å². The number of carbonyl (C=O) groups is 1. The molecule has 2 aromatic heterocycles. The van der Waals surface area contributed by atoms with E-state index in [0.717, 1.165) is 15.3 Å². The molecule has 0 aromatic carbocycles. The minimum Gasteiger partial charge on any atom is -0.383 e. The average molecular weight is 340 g/mol. The topological polar surface area (TPSA) is 42.4 Å². The van der Waals surface area contributed by atoms with Crippen LogP contribution in [-0.2, 0) is 10.3 Å². The number of ether oxygens (including phenoxy) is 1. The van der Waals surface area contributed by atoms with Crippen LogP contribution in [0.3, 0.4) is 0 Å². The smallest absolute Gasteiger partial charge is 0.255 e. The van der Waals surface area contributed by atoms with E-state index in [1.807, 2.05) is 26.0 Å². The average Bonchev–Trinajstić information content (AvgIpc) is 3.01. The van der Waals surface area contributed by atoms with E-state index in [0.29, 0.717) is 10.7 Å². The first-order chi connectivity index (χ1) is 11.6. The van der Waals surface area contributed by atoms with Gasteiger partial charge in [0.25, 0.3) is 5.91 Å². The lowest BCUT2D eigenvalue weighted by Crippen LogP contribution is -2.41. The third-order valence-electron chi connectivity index (χ3n) is 3.87. The number of carbonyl (C=O) groups excluding carboxylic acids is 1. The lowest BCUT2D eigenvalue weighted by atomic mass is 10.0. The summed E-state index contributed by atoms with van der Waals surface area (Å²) in [5.41, 5.74) is 1.04. The second-order valence-electron chi connectivity index (χ2n) is 5.58. The molecule has 2 aromatic rings. The SMILES string of the molecule is [2H]C([2H])([2H])OCCN1C(=O)c2cc(-c3ccnc(Cl)c3)sc2C1(C)C. The van der Waals surface area contributed by atoms with Gasteiger partial charge in [-0.2, -0.15) is 0 Å². The van der Waals surface area contributed by atoms with Gasteiger partial charge in [-0.05, 0) is 37.6 Å². The monoisotopic (exact) mass is 339 g/mol. The van der Waals surface area contributed by atoms with Crippen molar-refractivity contribution in [3.8, 4) is 10.4 Å². The molecule has 22 heavy (non-hydrogen) atoms.